The Balaban J connectivity index is 0.00000133. The van der Waals surface area contributed by atoms with Crippen molar-refractivity contribution in [1.29, 1.82) is 0 Å². The second-order valence-electron chi connectivity index (χ2n) is 4.68. The number of halogens is 1. The number of hydrogen-bond acceptors (Lipinski definition) is 3. The van der Waals surface area contributed by atoms with Crippen LogP contribution in [0.4, 0.5) is 5.82 Å². The Morgan fingerprint density at radius 2 is 1.63 bits per heavy atom. The van der Waals surface area contributed by atoms with Crippen molar-refractivity contribution in [1.82, 2.24) is 9.97 Å². The number of piperidine rings is 1. The van der Waals surface area contributed by atoms with Gasteiger partial charge in [-0.05, 0) is 19.3 Å². The molecule has 0 aliphatic carbocycles. The number of nitrogens with zero attached hydrogens (tertiary/aromatic N) is 3. The smallest absolute Gasteiger partial charge is 0.132 e. The average Bonchev–Trinajstić information content (AvgIpc) is 2.49. The Morgan fingerprint density at radius 3 is 2.37 bits per heavy atom. The summed E-state index contributed by atoms with van der Waals surface area (Å²) >= 11 is 0. The van der Waals surface area contributed by atoms with Gasteiger partial charge in [0.1, 0.15) is 12.1 Å². The van der Waals surface area contributed by atoms with E-state index < -0.39 is 0 Å². The number of aromatic nitrogens is 2. The molecule has 0 atom stereocenters. The van der Waals surface area contributed by atoms with Crippen LogP contribution in [0.1, 0.15) is 19.3 Å². The third kappa shape index (κ3) is 3.24. The van der Waals surface area contributed by atoms with Gasteiger partial charge in [0, 0.05) is 24.7 Å². The summed E-state index contributed by atoms with van der Waals surface area (Å²) in [7, 11) is 0. The van der Waals surface area contributed by atoms with Gasteiger partial charge in [0.2, 0.25) is 0 Å². The van der Waals surface area contributed by atoms with E-state index in [-0.39, 0.29) is 12.4 Å². The monoisotopic (exact) mass is 275 g/mol. The molecule has 1 saturated heterocycles. The summed E-state index contributed by atoms with van der Waals surface area (Å²) in [5.41, 5.74) is 2.16. The predicted octanol–water partition coefficient (Wildman–Crippen LogP) is 3.56. The number of anilines is 1. The van der Waals surface area contributed by atoms with Gasteiger partial charge in [-0.3, -0.25) is 0 Å². The van der Waals surface area contributed by atoms with Gasteiger partial charge in [0.15, 0.2) is 0 Å². The second-order valence-corrected chi connectivity index (χ2v) is 4.68. The molecule has 0 amide bonds. The fourth-order valence-corrected chi connectivity index (χ4v) is 2.41. The van der Waals surface area contributed by atoms with Crippen molar-refractivity contribution in [2.45, 2.75) is 19.3 Å². The normalized spacial score (nSPS) is 14.8. The van der Waals surface area contributed by atoms with Crippen molar-refractivity contribution in [2.75, 3.05) is 18.0 Å². The van der Waals surface area contributed by atoms with E-state index in [2.05, 4.69) is 33.1 Å². The quantitative estimate of drug-likeness (QED) is 0.839. The van der Waals surface area contributed by atoms with Crippen molar-refractivity contribution in [2.24, 2.45) is 0 Å². The first kappa shape index (κ1) is 13.8. The first-order valence-corrected chi connectivity index (χ1v) is 6.56. The van der Waals surface area contributed by atoms with Crippen LogP contribution in [0, 0.1) is 0 Å². The van der Waals surface area contributed by atoms with Crippen molar-refractivity contribution < 1.29 is 0 Å². The molecule has 1 aromatic carbocycles. The van der Waals surface area contributed by atoms with Crippen LogP contribution in [0.2, 0.25) is 0 Å². The lowest BCUT2D eigenvalue weighted by atomic mass is 10.1. The highest BCUT2D eigenvalue weighted by Gasteiger charge is 2.12. The molecule has 2 heterocycles. The van der Waals surface area contributed by atoms with Crippen LogP contribution in [0.25, 0.3) is 11.3 Å². The summed E-state index contributed by atoms with van der Waals surface area (Å²) in [5, 5.41) is 0. The molecule has 0 saturated carbocycles. The molecule has 0 N–H and O–H groups in total. The summed E-state index contributed by atoms with van der Waals surface area (Å²) in [6.07, 6.45) is 5.55. The van der Waals surface area contributed by atoms with E-state index >= 15 is 0 Å². The topological polar surface area (TPSA) is 29.0 Å². The van der Waals surface area contributed by atoms with E-state index in [1.807, 2.05) is 18.2 Å². The number of hydrogen-bond donors (Lipinski definition) is 0. The fourth-order valence-electron chi connectivity index (χ4n) is 2.41. The van der Waals surface area contributed by atoms with Crippen LogP contribution in [-0.2, 0) is 0 Å². The molecule has 1 aromatic heterocycles. The lowest BCUT2D eigenvalue weighted by molar-refractivity contribution is 0.573. The molecule has 3 rings (SSSR count). The van der Waals surface area contributed by atoms with Gasteiger partial charge in [-0.25, -0.2) is 9.97 Å². The third-order valence-electron chi connectivity index (χ3n) is 3.40. The molecular weight excluding hydrogens is 258 g/mol. The molecule has 100 valence electrons. The minimum Gasteiger partial charge on any atom is -0.357 e. The zero-order valence-electron chi connectivity index (χ0n) is 10.8. The zero-order chi connectivity index (χ0) is 12.2. The number of rotatable bonds is 2. The molecule has 3 nitrogen and oxygen atoms in total. The van der Waals surface area contributed by atoms with Crippen LogP contribution < -0.4 is 4.90 Å². The van der Waals surface area contributed by atoms with E-state index in [1.54, 1.807) is 6.33 Å². The maximum absolute atomic E-state index is 4.40. The average molecular weight is 276 g/mol. The molecule has 4 heteroatoms. The van der Waals surface area contributed by atoms with Crippen LogP contribution in [0.15, 0.2) is 42.7 Å². The summed E-state index contributed by atoms with van der Waals surface area (Å²) in [5.74, 6) is 1.06. The van der Waals surface area contributed by atoms with Crippen molar-refractivity contribution in [3.8, 4) is 11.3 Å². The molecule has 0 spiro atoms. The van der Waals surface area contributed by atoms with Crippen molar-refractivity contribution in [3.05, 3.63) is 42.7 Å². The van der Waals surface area contributed by atoms with Crippen LogP contribution in [0.5, 0.6) is 0 Å². The molecular formula is C15H18ClN3. The zero-order valence-corrected chi connectivity index (χ0v) is 11.6. The van der Waals surface area contributed by atoms with Gasteiger partial charge in [-0.2, -0.15) is 0 Å². The molecule has 0 radical (unpaired) electrons. The predicted molar refractivity (Wildman–Crippen MR) is 80.8 cm³/mol. The van der Waals surface area contributed by atoms with E-state index in [1.165, 1.54) is 19.3 Å². The fraction of sp³-hybridized carbons (Fsp3) is 0.333. The number of benzene rings is 1. The van der Waals surface area contributed by atoms with Gasteiger partial charge in [0.25, 0.3) is 0 Å². The van der Waals surface area contributed by atoms with E-state index in [0.717, 1.165) is 30.2 Å². The standard InChI is InChI=1S/C15H17N3.ClH/c1-3-7-13(8-4-1)14-11-15(17-12-16-14)18-9-5-2-6-10-18;/h1,3-4,7-8,11-12H,2,5-6,9-10H2;1H. The SMILES string of the molecule is Cl.c1ccc(-c2cc(N3CCCCC3)ncn2)cc1. The molecule has 1 aliphatic heterocycles. The van der Waals surface area contributed by atoms with Crippen molar-refractivity contribution in [3.63, 3.8) is 0 Å². The maximum Gasteiger partial charge on any atom is 0.132 e. The third-order valence-corrected chi connectivity index (χ3v) is 3.40. The van der Waals surface area contributed by atoms with Crippen LogP contribution >= 0.6 is 12.4 Å². The van der Waals surface area contributed by atoms with E-state index in [0.29, 0.717) is 0 Å². The summed E-state index contributed by atoms with van der Waals surface area (Å²) < 4.78 is 0. The van der Waals surface area contributed by atoms with Gasteiger partial charge in [-0.1, -0.05) is 30.3 Å². The Kier molecular flexibility index (Phi) is 4.74. The van der Waals surface area contributed by atoms with Gasteiger partial charge >= 0.3 is 0 Å². The molecule has 0 unspecified atom stereocenters. The minimum absolute atomic E-state index is 0. The van der Waals surface area contributed by atoms with E-state index in [4.69, 9.17) is 0 Å². The second kappa shape index (κ2) is 6.53. The Morgan fingerprint density at radius 1 is 0.895 bits per heavy atom. The summed E-state index contributed by atoms with van der Waals surface area (Å²) in [6, 6.07) is 12.4. The lowest BCUT2D eigenvalue weighted by Gasteiger charge is -2.27. The van der Waals surface area contributed by atoms with Crippen LogP contribution in [0.3, 0.4) is 0 Å². The Bertz CT molecular complexity index is 510. The van der Waals surface area contributed by atoms with Gasteiger partial charge < -0.3 is 4.90 Å². The summed E-state index contributed by atoms with van der Waals surface area (Å²) in [4.78, 5) is 11.1. The Labute approximate surface area is 120 Å². The van der Waals surface area contributed by atoms with Crippen molar-refractivity contribution >= 4 is 18.2 Å². The lowest BCUT2D eigenvalue weighted by Crippen LogP contribution is -2.30. The van der Waals surface area contributed by atoms with E-state index in [9.17, 15) is 0 Å². The highest BCUT2D eigenvalue weighted by atomic mass is 35.5. The first-order valence-electron chi connectivity index (χ1n) is 6.56. The molecule has 2 aromatic rings. The summed E-state index contributed by atoms with van der Waals surface area (Å²) in [6.45, 7) is 2.23. The highest BCUT2D eigenvalue weighted by molar-refractivity contribution is 5.85. The molecule has 1 fully saturated rings. The molecule has 19 heavy (non-hydrogen) atoms. The van der Waals surface area contributed by atoms with Gasteiger partial charge in [0.05, 0.1) is 5.69 Å². The highest BCUT2D eigenvalue weighted by Crippen LogP contribution is 2.22. The molecule has 1 aliphatic rings. The maximum atomic E-state index is 4.40. The molecule has 0 bridgehead atoms. The first-order chi connectivity index (χ1) is 8.93. The Hall–Kier alpha value is -1.61. The largest absolute Gasteiger partial charge is 0.357 e. The van der Waals surface area contributed by atoms with Gasteiger partial charge in [-0.15, -0.1) is 12.4 Å². The minimum atomic E-state index is 0. The van der Waals surface area contributed by atoms with Crippen LogP contribution in [-0.4, -0.2) is 23.1 Å².